The first-order chi connectivity index (χ1) is 9.33. The van der Waals surface area contributed by atoms with Crippen LogP contribution in [-0.4, -0.2) is 36.5 Å². The Kier molecular flexibility index (Phi) is 16.0. The number of hydroxylamine groups is 3. The van der Waals surface area contributed by atoms with Gasteiger partial charge in [0.15, 0.2) is 0 Å². The number of hydrogen-bond acceptors (Lipinski definition) is 3. The second-order valence-corrected chi connectivity index (χ2v) is 5.89. The quantitative estimate of drug-likeness (QED) is 0.361. The summed E-state index contributed by atoms with van der Waals surface area (Å²) in [6.07, 6.45) is 11.2. The van der Waals surface area contributed by atoms with Crippen molar-refractivity contribution < 1.29 is 19.8 Å². The molecular formula is C16H35NO3. The van der Waals surface area contributed by atoms with Crippen molar-refractivity contribution in [2.45, 2.75) is 78.1 Å². The lowest BCUT2D eigenvalue weighted by Gasteiger charge is -2.15. The highest BCUT2D eigenvalue weighted by Crippen LogP contribution is 2.10. The third-order valence-electron chi connectivity index (χ3n) is 3.26. The maximum absolute atomic E-state index is 10.1. The number of rotatable bonds is 11. The van der Waals surface area contributed by atoms with Crippen LogP contribution in [0.15, 0.2) is 0 Å². The molecule has 4 nitrogen and oxygen atoms in total. The van der Waals surface area contributed by atoms with E-state index in [1.54, 1.807) is 14.1 Å². The summed E-state index contributed by atoms with van der Waals surface area (Å²) in [4.78, 5) is 10.1. The van der Waals surface area contributed by atoms with Gasteiger partial charge in [0, 0.05) is 5.97 Å². The van der Waals surface area contributed by atoms with Crippen molar-refractivity contribution in [3.63, 3.8) is 0 Å². The van der Waals surface area contributed by atoms with Gasteiger partial charge in [0.1, 0.15) is 6.54 Å². The Bertz CT molecular complexity index is 212. The Balaban J connectivity index is 0. The lowest BCUT2D eigenvalue weighted by atomic mass is 10.1. The number of carboxylic acid groups (broad SMARTS) is 1. The zero-order valence-electron chi connectivity index (χ0n) is 14.0. The van der Waals surface area contributed by atoms with Gasteiger partial charge in [0.05, 0.1) is 14.1 Å². The first kappa shape index (κ1) is 21.7. The van der Waals surface area contributed by atoms with Gasteiger partial charge in [-0.15, -0.1) is 0 Å². The fourth-order valence-corrected chi connectivity index (χ4v) is 1.58. The molecule has 0 bridgehead atoms. The van der Waals surface area contributed by atoms with E-state index in [0.717, 1.165) is 19.4 Å². The second-order valence-electron chi connectivity index (χ2n) is 5.89. The molecule has 0 heterocycles. The Morgan fingerprint density at radius 1 is 0.900 bits per heavy atom. The molecule has 0 aromatic rings. The van der Waals surface area contributed by atoms with Crippen LogP contribution in [0.4, 0.5) is 0 Å². The van der Waals surface area contributed by atoms with Crippen molar-refractivity contribution >= 4 is 5.97 Å². The highest BCUT2D eigenvalue weighted by Gasteiger charge is 2.02. The molecule has 0 amide bonds. The third-order valence-corrected chi connectivity index (χ3v) is 3.26. The zero-order chi connectivity index (χ0) is 15.9. The molecule has 0 radical (unpaired) electrons. The van der Waals surface area contributed by atoms with Crippen LogP contribution in [0.1, 0.15) is 78.1 Å². The summed E-state index contributed by atoms with van der Waals surface area (Å²) < 4.78 is 0.0694. The van der Waals surface area contributed by atoms with Crippen molar-refractivity contribution in [2.24, 2.45) is 0 Å². The molecule has 0 saturated heterocycles. The van der Waals surface area contributed by atoms with Gasteiger partial charge in [-0.1, -0.05) is 58.3 Å². The molecule has 0 saturated carbocycles. The molecule has 122 valence electrons. The maximum Gasteiger partial charge on any atom is 0.105 e. The van der Waals surface area contributed by atoms with E-state index in [4.69, 9.17) is 5.21 Å². The molecular weight excluding hydrogens is 254 g/mol. The van der Waals surface area contributed by atoms with Gasteiger partial charge in [-0.25, -0.2) is 5.21 Å². The standard InChI is InChI=1S/C12H24O2.C4H12NO/c1-2-3-4-5-6-7-8-9-10-11-12(13)14;1-4-5(2,3)6/h2-11H2,1H3,(H,13,14);6H,4H2,1-3H3/q;+1/p-1. The molecule has 0 aliphatic heterocycles. The number of carbonyl (C=O) groups excluding carboxylic acids is 1. The topological polar surface area (TPSA) is 60.4 Å². The van der Waals surface area contributed by atoms with E-state index in [9.17, 15) is 9.90 Å². The van der Waals surface area contributed by atoms with Gasteiger partial charge in [-0.2, -0.15) is 4.65 Å². The number of hydrogen-bond donors (Lipinski definition) is 1. The molecule has 4 heteroatoms. The summed E-state index contributed by atoms with van der Waals surface area (Å²) in [5.74, 6) is -0.909. The van der Waals surface area contributed by atoms with Gasteiger partial charge >= 0.3 is 0 Å². The summed E-state index contributed by atoms with van der Waals surface area (Å²) >= 11 is 0. The molecule has 0 spiro atoms. The molecule has 1 N–H and O–H groups in total. The van der Waals surface area contributed by atoms with Crippen LogP contribution < -0.4 is 5.11 Å². The summed E-state index contributed by atoms with van der Waals surface area (Å²) in [5, 5.41) is 18.9. The molecule has 0 aromatic heterocycles. The number of carboxylic acids is 1. The van der Waals surface area contributed by atoms with Crippen LogP contribution in [0.5, 0.6) is 0 Å². The highest BCUT2D eigenvalue weighted by atomic mass is 16.5. The SMILES string of the molecule is CCCCCCCCCCCC(=O)[O-].CC[N+](C)(C)O. The molecule has 0 fully saturated rings. The molecule has 0 atom stereocenters. The van der Waals surface area contributed by atoms with Crippen LogP contribution in [0.2, 0.25) is 0 Å². The van der Waals surface area contributed by atoms with Crippen LogP contribution >= 0.6 is 0 Å². The summed E-state index contributed by atoms with van der Waals surface area (Å²) in [7, 11) is 3.47. The zero-order valence-corrected chi connectivity index (χ0v) is 14.0. The molecule has 0 aliphatic carbocycles. The Morgan fingerprint density at radius 3 is 1.55 bits per heavy atom. The predicted molar refractivity (Wildman–Crippen MR) is 81.3 cm³/mol. The van der Waals surface area contributed by atoms with E-state index in [1.807, 2.05) is 6.92 Å². The van der Waals surface area contributed by atoms with E-state index in [-0.39, 0.29) is 11.1 Å². The Labute approximate surface area is 125 Å². The summed E-state index contributed by atoms with van der Waals surface area (Å²) in [6.45, 7) is 4.92. The normalized spacial score (nSPS) is 10.8. The fourth-order valence-electron chi connectivity index (χ4n) is 1.58. The molecule has 0 aromatic carbocycles. The lowest BCUT2D eigenvalue weighted by molar-refractivity contribution is -1.07. The van der Waals surface area contributed by atoms with E-state index >= 15 is 0 Å². The van der Waals surface area contributed by atoms with Crippen LogP contribution in [-0.2, 0) is 4.79 Å². The Morgan fingerprint density at radius 2 is 1.25 bits per heavy atom. The van der Waals surface area contributed by atoms with Gasteiger partial charge in [0.25, 0.3) is 0 Å². The van der Waals surface area contributed by atoms with Crippen molar-refractivity contribution in [1.29, 1.82) is 0 Å². The van der Waals surface area contributed by atoms with Gasteiger partial charge < -0.3 is 9.90 Å². The van der Waals surface area contributed by atoms with Crippen molar-refractivity contribution in [3.8, 4) is 0 Å². The molecule has 0 unspecified atom stereocenters. The maximum atomic E-state index is 10.1. The molecule has 20 heavy (non-hydrogen) atoms. The fraction of sp³-hybridized carbons (Fsp3) is 0.938. The van der Waals surface area contributed by atoms with E-state index in [1.165, 1.54) is 44.9 Å². The van der Waals surface area contributed by atoms with Crippen LogP contribution in [0, 0.1) is 0 Å². The van der Waals surface area contributed by atoms with E-state index in [2.05, 4.69) is 6.92 Å². The highest BCUT2D eigenvalue weighted by molar-refractivity contribution is 5.63. The minimum Gasteiger partial charge on any atom is -0.550 e. The van der Waals surface area contributed by atoms with E-state index < -0.39 is 5.97 Å². The number of unbranched alkanes of at least 4 members (excludes halogenated alkanes) is 8. The number of aliphatic carboxylic acids is 1. The third kappa shape index (κ3) is 26.1. The summed E-state index contributed by atoms with van der Waals surface area (Å²) in [5.41, 5.74) is 0. The molecule has 0 rings (SSSR count). The smallest absolute Gasteiger partial charge is 0.105 e. The first-order valence-electron chi connectivity index (χ1n) is 8.09. The number of quaternary nitrogens is 1. The lowest BCUT2D eigenvalue weighted by Crippen LogP contribution is -2.34. The largest absolute Gasteiger partial charge is 0.550 e. The minimum absolute atomic E-state index is 0.0694. The van der Waals surface area contributed by atoms with E-state index in [0.29, 0.717) is 0 Å². The van der Waals surface area contributed by atoms with Crippen LogP contribution in [0.25, 0.3) is 0 Å². The first-order valence-corrected chi connectivity index (χ1v) is 8.09. The van der Waals surface area contributed by atoms with Gasteiger partial charge in [0.2, 0.25) is 0 Å². The molecule has 0 aliphatic rings. The van der Waals surface area contributed by atoms with Crippen LogP contribution in [0.3, 0.4) is 0 Å². The number of nitrogens with zero attached hydrogens (tertiary/aromatic N) is 1. The second kappa shape index (κ2) is 14.8. The average molecular weight is 289 g/mol. The predicted octanol–water partition coefficient (Wildman–Crippen LogP) is 3.13. The minimum atomic E-state index is -0.909. The Hall–Kier alpha value is -0.610. The summed E-state index contributed by atoms with van der Waals surface area (Å²) in [6, 6.07) is 0. The van der Waals surface area contributed by atoms with Gasteiger partial charge in [-0.05, 0) is 19.8 Å². The van der Waals surface area contributed by atoms with Gasteiger partial charge in [-0.3, -0.25) is 0 Å². The van der Waals surface area contributed by atoms with Crippen molar-refractivity contribution in [2.75, 3.05) is 20.6 Å². The number of carbonyl (C=O) groups is 1. The van der Waals surface area contributed by atoms with Crippen molar-refractivity contribution in [1.82, 2.24) is 0 Å². The van der Waals surface area contributed by atoms with Crippen molar-refractivity contribution in [3.05, 3.63) is 0 Å². The monoisotopic (exact) mass is 289 g/mol. The average Bonchev–Trinajstić information content (AvgIpc) is 2.36.